The molecular formula is C14H20F3N. The lowest BCUT2D eigenvalue weighted by atomic mass is 10.0. The summed E-state index contributed by atoms with van der Waals surface area (Å²) >= 11 is 0. The van der Waals surface area contributed by atoms with E-state index in [1.54, 1.807) is 6.07 Å². The summed E-state index contributed by atoms with van der Waals surface area (Å²) in [6.45, 7) is 5.97. The molecule has 102 valence electrons. The molecule has 1 aromatic carbocycles. The zero-order valence-electron chi connectivity index (χ0n) is 11.2. The van der Waals surface area contributed by atoms with Gasteiger partial charge in [0.2, 0.25) is 0 Å². The molecule has 1 aliphatic rings. The number of alkyl halides is 3. The molecule has 2 atom stereocenters. The Kier molecular flexibility index (Phi) is 4.79. The number of fused-ring (bicyclic) bond motifs is 1. The number of rotatable bonds is 1. The van der Waals surface area contributed by atoms with Gasteiger partial charge in [0.05, 0.1) is 5.56 Å². The largest absolute Gasteiger partial charge is 0.416 e. The van der Waals surface area contributed by atoms with Crippen molar-refractivity contribution < 1.29 is 13.2 Å². The smallest absolute Gasteiger partial charge is 0.313 e. The molecule has 2 rings (SSSR count). The standard InChI is InChI=1S/C12H14F3N.C2H6/c1-7-5-11(16-2)9-4-3-8(6-10(7)9)12(13,14)15;1-2/h3-4,6-7,11,16H,5H2,1-2H3;1-2H3. The second-order valence-electron chi connectivity index (χ2n) is 4.32. The Hall–Kier alpha value is -1.03. The molecule has 0 saturated carbocycles. The lowest BCUT2D eigenvalue weighted by molar-refractivity contribution is -0.137. The van der Waals surface area contributed by atoms with E-state index in [1.807, 2.05) is 27.8 Å². The molecule has 0 bridgehead atoms. The second kappa shape index (κ2) is 5.74. The molecule has 4 heteroatoms. The van der Waals surface area contributed by atoms with E-state index in [2.05, 4.69) is 5.32 Å². The molecule has 1 N–H and O–H groups in total. The Balaban J connectivity index is 0.000000771. The van der Waals surface area contributed by atoms with Gasteiger partial charge in [0.15, 0.2) is 0 Å². The van der Waals surface area contributed by atoms with Gasteiger partial charge >= 0.3 is 6.18 Å². The molecule has 0 aromatic heterocycles. The van der Waals surface area contributed by atoms with Crippen molar-refractivity contribution in [1.82, 2.24) is 5.32 Å². The minimum absolute atomic E-state index is 0.187. The Morgan fingerprint density at radius 2 is 1.78 bits per heavy atom. The van der Waals surface area contributed by atoms with Crippen molar-refractivity contribution in [3.8, 4) is 0 Å². The van der Waals surface area contributed by atoms with Crippen LogP contribution < -0.4 is 5.32 Å². The molecule has 0 radical (unpaired) electrons. The highest BCUT2D eigenvalue weighted by molar-refractivity contribution is 5.41. The topological polar surface area (TPSA) is 12.0 Å². The Morgan fingerprint density at radius 3 is 2.28 bits per heavy atom. The van der Waals surface area contributed by atoms with Gasteiger partial charge in [0.1, 0.15) is 0 Å². The molecule has 0 aliphatic heterocycles. The molecule has 1 aliphatic carbocycles. The average Bonchev–Trinajstić information content (AvgIpc) is 2.67. The number of nitrogens with one attached hydrogen (secondary N) is 1. The third kappa shape index (κ3) is 2.86. The number of hydrogen-bond donors (Lipinski definition) is 1. The minimum Gasteiger partial charge on any atom is -0.313 e. The summed E-state index contributed by atoms with van der Waals surface area (Å²) in [4.78, 5) is 0. The zero-order valence-corrected chi connectivity index (χ0v) is 11.2. The van der Waals surface area contributed by atoms with E-state index in [0.717, 1.165) is 17.5 Å². The van der Waals surface area contributed by atoms with Crippen LogP contribution >= 0.6 is 0 Å². The summed E-state index contributed by atoms with van der Waals surface area (Å²) in [5.41, 5.74) is 1.28. The highest BCUT2D eigenvalue weighted by Crippen LogP contribution is 2.42. The van der Waals surface area contributed by atoms with Gasteiger partial charge in [0.25, 0.3) is 0 Å². The van der Waals surface area contributed by atoms with Gasteiger partial charge < -0.3 is 5.32 Å². The van der Waals surface area contributed by atoms with Crippen molar-refractivity contribution in [2.45, 2.75) is 45.3 Å². The van der Waals surface area contributed by atoms with Crippen LogP contribution in [0.4, 0.5) is 13.2 Å². The van der Waals surface area contributed by atoms with Gasteiger partial charge in [-0.15, -0.1) is 0 Å². The number of halogens is 3. The maximum atomic E-state index is 12.5. The van der Waals surface area contributed by atoms with Crippen LogP contribution in [-0.4, -0.2) is 7.05 Å². The Bertz CT molecular complexity index is 399. The highest BCUT2D eigenvalue weighted by Gasteiger charge is 2.34. The first-order chi connectivity index (χ1) is 8.43. The summed E-state index contributed by atoms with van der Waals surface area (Å²) in [5.74, 6) is 0.190. The summed E-state index contributed by atoms with van der Waals surface area (Å²) in [5, 5.41) is 3.13. The predicted octanol–water partition coefficient (Wildman–Crippen LogP) is 4.50. The van der Waals surface area contributed by atoms with Crippen molar-refractivity contribution in [3.63, 3.8) is 0 Å². The van der Waals surface area contributed by atoms with Gasteiger partial charge in [-0.2, -0.15) is 13.2 Å². The molecule has 0 amide bonds. The number of hydrogen-bond acceptors (Lipinski definition) is 1. The van der Waals surface area contributed by atoms with Crippen LogP contribution in [0.15, 0.2) is 18.2 Å². The first-order valence-corrected chi connectivity index (χ1v) is 6.31. The van der Waals surface area contributed by atoms with Crippen molar-refractivity contribution in [3.05, 3.63) is 34.9 Å². The van der Waals surface area contributed by atoms with E-state index in [0.29, 0.717) is 0 Å². The van der Waals surface area contributed by atoms with Crippen LogP contribution in [0.3, 0.4) is 0 Å². The average molecular weight is 259 g/mol. The molecule has 18 heavy (non-hydrogen) atoms. The van der Waals surface area contributed by atoms with Gasteiger partial charge in [0, 0.05) is 6.04 Å². The highest BCUT2D eigenvalue weighted by atomic mass is 19.4. The fourth-order valence-corrected chi connectivity index (χ4v) is 2.38. The predicted molar refractivity (Wildman–Crippen MR) is 67.6 cm³/mol. The van der Waals surface area contributed by atoms with Gasteiger partial charge in [-0.1, -0.05) is 26.8 Å². The fraction of sp³-hybridized carbons (Fsp3) is 0.571. The zero-order chi connectivity index (χ0) is 13.9. The quantitative estimate of drug-likeness (QED) is 0.783. The molecule has 0 saturated heterocycles. The van der Waals surface area contributed by atoms with Crippen LogP contribution in [0.2, 0.25) is 0 Å². The maximum Gasteiger partial charge on any atom is 0.416 e. The summed E-state index contributed by atoms with van der Waals surface area (Å²) in [7, 11) is 1.84. The van der Waals surface area contributed by atoms with Crippen molar-refractivity contribution in [2.24, 2.45) is 0 Å². The van der Waals surface area contributed by atoms with E-state index in [4.69, 9.17) is 0 Å². The fourth-order valence-electron chi connectivity index (χ4n) is 2.38. The summed E-state index contributed by atoms with van der Waals surface area (Å²) < 4.78 is 37.6. The summed E-state index contributed by atoms with van der Waals surface area (Å²) in [6.07, 6.45) is -3.38. The summed E-state index contributed by atoms with van der Waals surface area (Å²) in [6, 6.07) is 4.24. The van der Waals surface area contributed by atoms with Gasteiger partial charge in [-0.25, -0.2) is 0 Å². The molecule has 2 unspecified atom stereocenters. The van der Waals surface area contributed by atoms with Crippen LogP contribution in [-0.2, 0) is 6.18 Å². The minimum atomic E-state index is -4.24. The number of benzene rings is 1. The van der Waals surface area contributed by atoms with Gasteiger partial charge in [-0.3, -0.25) is 0 Å². The third-order valence-electron chi connectivity index (χ3n) is 3.26. The van der Waals surface area contributed by atoms with Crippen molar-refractivity contribution in [2.75, 3.05) is 7.05 Å². The lowest BCUT2D eigenvalue weighted by Crippen LogP contribution is -2.13. The monoisotopic (exact) mass is 259 g/mol. The SMILES string of the molecule is CC.CNC1CC(C)c2cc(C(F)(F)F)ccc21. The van der Waals surface area contributed by atoms with Crippen LogP contribution in [0, 0.1) is 0 Å². The molecule has 0 fully saturated rings. The first kappa shape index (κ1) is 15.0. The van der Waals surface area contributed by atoms with E-state index in [-0.39, 0.29) is 12.0 Å². The molecule has 0 spiro atoms. The first-order valence-electron chi connectivity index (χ1n) is 6.31. The van der Waals surface area contributed by atoms with E-state index in [1.165, 1.54) is 12.1 Å². The Labute approximate surface area is 106 Å². The molecule has 1 aromatic rings. The van der Waals surface area contributed by atoms with E-state index >= 15 is 0 Å². The molecule has 1 nitrogen and oxygen atoms in total. The van der Waals surface area contributed by atoms with Crippen molar-refractivity contribution in [1.29, 1.82) is 0 Å². The lowest BCUT2D eigenvalue weighted by Gasteiger charge is -2.12. The third-order valence-corrected chi connectivity index (χ3v) is 3.26. The van der Waals surface area contributed by atoms with Crippen LogP contribution in [0.1, 0.15) is 55.8 Å². The van der Waals surface area contributed by atoms with Crippen molar-refractivity contribution >= 4 is 0 Å². The van der Waals surface area contributed by atoms with Crippen LogP contribution in [0.25, 0.3) is 0 Å². The second-order valence-corrected chi connectivity index (χ2v) is 4.32. The van der Waals surface area contributed by atoms with Gasteiger partial charge in [-0.05, 0) is 42.6 Å². The Morgan fingerprint density at radius 1 is 1.17 bits per heavy atom. The molecular weight excluding hydrogens is 239 g/mol. The van der Waals surface area contributed by atoms with E-state index < -0.39 is 11.7 Å². The molecule has 0 heterocycles. The maximum absolute atomic E-state index is 12.5. The normalized spacial score (nSPS) is 22.2. The van der Waals surface area contributed by atoms with Crippen LogP contribution in [0.5, 0.6) is 0 Å². The van der Waals surface area contributed by atoms with E-state index in [9.17, 15) is 13.2 Å².